The Hall–Kier alpha value is -3.13. The molecule has 1 atom stereocenters. The SMILES string of the molecule is CCn1c(CC(=O)Nc2ccccc2)nnc1SCC(=O)N[C@@H](C)c1ccccc1. The molecular formula is C22H25N5O2S. The van der Waals surface area contributed by atoms with Crippen LogP contribution < -0.4 is 10.6 Å². The van der Waals surface area contributed by atoms with Crippen LogP contribution in [0.5, 0.6) is 0 Å². The molecule has 30 heavy (non-hydrogen) atoms. The van der Waals surface area contributed by atoms with Gasteiger partial charge in [-0.05, 0) is 31.5 Å². The molecule has 0 spiro atoms. The minimum atomic E-state index is -0.158. The third kappa shape index (κ3) is 5.93. The van der Waals surface area contributed by atoms with Crippen LogP contribution in [-0.2, 0) is 22.6 Å². The summed E-state index contributed by atoms with van der Waals surface area (Å²) in [6, 6.07) is 19.0. The molecule has 8 heteroatoms. The minimum Gasteiger partial charge on any atom is -0.349 e. The van der Waals surface area contributed by atoms with Crippen molar-refractivity contribution in [2.24, 2.45) is 0 Å². The zero-order valence-electron chi connectivity index (χ0n) is 17.0. The zero-order chi connectivity index (χ0) is 21.3. The summed E-state index contributed by atoms with van der Waals surface area (Å²) in [5, 5.41) is 14.8. The lowest BCUT2D eigenvalue weighted by Gasteiger charge is -2.14. The minimum absolute atomic E-state index is 0.0689. The third-order valence-corrected chi connectivity index (χ3v) is 5.46. The first-order valence-electron chi connectivity index (χ1n) is 9.81. The Labute approximate surface area is 180 Å². The van der Waals surface area contributed by atoms with E-state index in [2.05, 4.69) is 20.8 Å². The fraction of sp³-hybridized carbons (Fsp3) is 0.273. The first-order valence-corrected chi connectivity index (χ1v) is 10.8. The second kappa shape index (κ2) is 10.6. The van der Waals surface area contributed by atoms with Crippen molar-refractivity contribution in [1.82, 2.24) is 20.1 Å². The number of anilines is 1. The van der Waals surface area contributed by atoms with E-state index >= 15 is 0 Å². The van der Waals surface area contributed by atoms with Crippen molar-refractivity contribution in [3.05, 3.63) is 72.1 Å². The number of nitrogens with one attached hydrogen (secondary N) is 2. The van der Waals surface area contributed by atoms with E-state index in [9.17, 15) is 9.59 Å². The molecule has 7 nitrogen and oxygen atoms in total. The molecule has 0 unspecified atom stereocenters. The van der Waals surface area contributed by atoms with E-state index < -0.39 is 0 Å². The van der Waals surface area contributed by atoms with Crippen molar-refractivity contribution in [2.45, 2.75) is 38.0 Å². The molecule has 0 saturated heterocycles. The molecule has 1 aromatic heterocycles. The molecule has 1 heterocycles. The molecule has 0 aliphatic carbocycles. The monoisotopic (exact) mass is 423 g/mol. The van der Waals surface area contributed by atoms with Gasteiger partial charge in [0.15, 0.2) is 5.16 Å². The van der Waals surface area contributed by atoms with Crippen LogP contribution in [0.3, 0.4) is 0 Å². The van der Waals surface area contributed by atoms with Crippen molar-refractivity contribution >= 4 is 29.3 Å². The molecule has 2 aromatic carbocycles. The van der Waals surface area contributed by atoms with E-state index in [1.165, 1.54) is 11.8 Å². The highest BCUT2D eigenvalue weighted by Gasteiger charge is 2.17. The van der Waals surface area contributed by atoms with Gasteiger partial charge in [0.05, 0.1) is 18.2 Å². The number of nitrogens with zero attached hydrogens (tertiary/aromatic N) is 3. The van der Waals surface area contributed by atoms with Crippen molar-refractivity contribution in [3.63, 3.8) is 0 Å². The Morgan fingerprint density at radius 2 is 1.67 bits per heavy atom. The summed E-state index contributed by atoms with van der Waals surface area (Å²) < 4.78 is 1.86. The maximum atomic E-state index is 12.3. The van der Waals surface area contributed by atoms with Gasteiger partial charge in [-0.15, -0.1) is 10.2 Å². The number of thioether (sulfide) groups is 1. The first-order chi connectivity index (χ1) is 14.6. The maximum absolute atomic E-state index is 12.3. The molecule has 3 aromatic rings. The zero-order valence-corrected chi connectivity index (χ0v) is 17.9. The topological polar surface area (TPSA) is 88.9 Å². The van der Waals surface area contributed by atoms with Gasteiger partial charge >= 0.3 is 0 Å². The van der Waals surface area contributed by atoms with Gasteiger partial charge in [-0.1, -0.05) is 60.3 Å². The highest BCUT2D eigenvalue weighted by Crippen LogP contribution is 2.18. The standard InChI is InChI=1S/C22H25N5O2S/c1-3-27-19(14-20(28)24-18-12-8-5-9-13-18)25-26-22(27)30-15-21(29)23-16(2)17-10-6-4-7-11-17/h4-13,16H,3,14-15H2,1-2H3,(H,23,29)(H,24,28)/t16-/m0/s1. The van der Waals surface area contributed by atoms with Gasteiger partial charge in [0.2, 0.25) is 11.8 Å². The third-order valence-electron chi connectivity index (χ3n) is 4.50. The number of rotatable bonds is 9. The second-order valence-corrected chi connectivity index (χ2v) is 7.67. The van der Waals surface area contributed by atoms with Gasteiger partial charge in [0, 0.05) is 12.2 Å². The Kier molecular flexibility index (Phi) is 7.62. The fourth-order valence-electron chi connectivity index (χ4n) is 2.98. The van der Waals surface area contributed by atoms with Crippen LogP contribution in [0.2, 0.25) is 0 Å². The number of benzene rings is 2. The van der Waals surface area contributed by atoms with Crippen LogP contribution in [0.25, 0.3) is 0 Å². The second-order valence-electron chi connectivity index (χ2n) is 6.72. The van der Waals surface area contributed by atoms with Crippen LogP contribution in [0, 0.1) is 0 Å². The van der Waals surface area contributed by atoms with E-state index in [0.717, 1.165) is 11.3 Å². The summed E-state index contributed by atoms with van der Waals surface area (Å²) in [6.45, 7) is 4.53. The molecule has 0 saturated carbocycles. The number of carbonyl (C=O) groups excluding carboxylic acids is 2. The number of hydrogen-bond donors (Lipinski definition) is 2. The molecule has 2 N–H and O–H groups in total. The van der Waals surface area contributed by atoms with E-state index in [1.54, 1.807) is 0 Å². The number of carbonyl (C=O) groups is 2. The lowest BCUT2D eigenvalue weighted by molar-refractivity contribution is -0.119. The molecule has 3 rings (SSSR count). The summed E-state index contributed by atoms with van der Waals surface area (Å²) >= 11 is 1.31. The van der Waals surface area contributed by atoms with E-state index in [1.807, 2.05) is 79.1 Å². The Balaban J connectivity index is 1.54. The van der Waals surface area contributed by atoms with Crippen LogP contribution >= 0.6 is 11.8 Å². The van der Waals surface area contributed by atoms with Crippen molar-refractivity contribution in [2.75, 3.05) is 11.1 Å². The average molecular weight is 424 g/mol. The van der Waals surface area contributed by atoms with E-state index in [4.69, 9.17) is 0 Å². The van der Waals surface area contributed by atoms with Crippen LogP contribution in [0.4, 0.5) is 5.69 Å². The Morgan fingerprint density at radius 3 is 2.33 bits per heavy atom. The molecule has 156 valence electrons. The number of aromatic nitrogens is 3. The molecule has 2 amide bonds. The lowest BCUT2D eigenvalue weighted by atomic mass is 10.1. The summed E-state index contributed by atoms with van der Waals surface area (Å²) in [5.74, 6) is 0.567. The summed E-state index contributed by atoms with van der Waals surface area (Å²) in [5.41, 5.74) is 1.79. The van der Waals surface area contributed by atoms with Crippen molar-refractivity contribution in [1.29, 1.82) is 0 Å². The predicted molar refractivity (Wildman–Crippen MR) is 118 cm³/mol. The van der Waals surface area contributed by atoms with Crippen molar-refractivity contribution in [3.8, 4) is 0 Å². The van der Waals surface area contributed by atoms with Gasteiger partial charge in [-0.2, -0.15) is 0 Å². The van der Waals surface area contributed by atoms with Crippen molar-refractivity contribution < 1.29 is 9.59 Å². The summed E-state index contributed by atoms with van der Waals surface area (Å²) in [7, 11) is 0. The highest BCUT2D eigenvalue weighted by molar-refractivity contribution is 7.99. The fourth-order valence-corrected chi connectivity index (χ4v) is 3.82. The first kappa shape index (κ1) is 21.6. The van der Waals surface area contributed by atoms with Crippen LogP contribution in [-0.4, -0.2) is 32.3 Å². The maximum Gasteiger partial charge on any atom is 0.232 e. The van der Waals surface area contributed by atoms with Gasteiger partial charge in [0.25, 0.3) is 0 Å². The smallest absolute Gasteiger partial charge is 0.232 e. The largest absolute Gasteiger partial charge is 0.349 e. The van der Waals surface area contributed by atoms with Gasteiger partial charge in [-0.3, -0.25) is 9.59 Å². The molecule has 0 radical (unpaired) electrons. The lowest BCUT2D eigenvalue weighted by Crippen LogP contribution is -2.28. The number of amides is 2. The molecule has 0 bridgehead atoms. The molecule has 0 aliphatic rings. The van der Waals surface area contributed by atoms with Crippen LogP contribution in [0.15, 0.2) is 65.8 Å². The van der Waals surface area contributed by atoms with Gasteiger partial charge < -0.3 is 15.2 Å². The Morgan fingerprint density at radius 1 is 1.00 bits per heavy atom. The summed E-state index contributed by atoms with van der Waals surface area (Å²) in [6.07, 6.45) is 0.119. The predicted octanol–water partition coefficient (Wildman–Crippen LogP) is 3.45. The average Bonchev–Trinajstić information content (AvgIpc) is 3.14. The van der Waals surface area contributed by atoms with E-state index in [-0.39, 0.29) is 30.0 Å². The van der Waals surface area contributed by atoms with E-state index in [0.29, 0.717) is 17.5 Å². The molecule has 0 fully saturated rings. The number of hydrogen-bond acceptors (Lipinski definition) is 5. The molecular weight excluding hydrogens is 398 g/mol. The Bertz CT molecular complexity index is 976. The normalized spacial score (nSPS) is 11.7. The summed E-state index contributed by atoms with van der Waals surface area (Å²) in [4.78, 5) is 24.7. The van der Waals surface area contributed by atoms with Gasteiger partial charge in [-0.25, -0.2) is 0 Å². The van der Waals surface area contributed by atoms with Gasteiger partial charge in [0.1, 0.15) is 5.82 Å². The van der Waals surface area contributed by atoms with Crippen LogP contribution in [0.1, 0.15) is 31.3 Å². The number of para-hydroxylation sites is 1. The highest BCUT2D eigenvalue weighted by atomic mass is 32.2. The quantitative estimate of drug-likeness (QED) is 0.515. The molecule has 0 aliphatic heterocycles.